The Bertz CT molecular complexity index is 1590. The van der Waals surface area contributed by atoms with E-state index in [2.05, 4.69) is 17.1 Å². The van der Waals surface area contributed by atoms with Crippen LogP contribution in [0.15, 0.2) is 82.7 Å². The van der Waals surface area contributed by atoms with E-state index in [9.17, 15) is 14.7 Å². The molecule has 1 aliphatic heterocycles. The second-order valence-corrected chi connectivity index (χ2v) is 12.2. The number of thioether (sulfide) groups is 1. The summed E-state index contributed by atoms with van der Waals surface area (Å²) in [5.74, 6) is -0.688. The summed E-state index contributed by atoms with van der Waals surface area (Å²) < 4.78 is 6.32. The quantitative estimate of drug-likeness (QED) is 0.0477. The molecule has 3 aromatic carbocycles. The highest BCUT2D eigenvalue weighted by atomic mass is 35.5. The van der Waals surface area contributed by atoms with E-state index >= 15 is 0 Å². The Kier molecular flexibility index (Phi) is 9.29. The Morgan fingerprint density at radius 1 is 1.02 bits per heavy atom. The molecule has 1 aliphatic rings. The Morgan fingerprint density at radius 3 is 2.46 bits per heavy atom. The Hall–Kier alpha value is -3.37. The van der Waals surface area contributed by atoms with Crippen LogP contribution in [-0.4, -0.2) is 33.6 Å². The van der Waals surface area contributed by atoms with Gasteiger partial charge in [0.2, 0.25) is 5.13 Å². The largest absolute Gasteiger partial charge is 0.507 e. The van der Waals surface area contributed by atoms with Crippen LogP contribution in [0.25, 0.3) is 5.76 Å². The number of halogens is 2. The van der Waals surface area contributed by atoms with Crippen molar-refractivity contribution in [3.05, 3.63) is 105 Å². The lowest BCUT2D eigenvalue weighted by atomic mass is 9.95. The highest BCUT2D eigenvalue weighted by Crippen LogP contribution is 2.44. The van der Waals surface area contributed by atoms with Gasteiger partial charge in [-0.25, -0.2) is 0 Å². The first kappa shape index (κ1) is 29.1. The van der Waals surface area contributed by atoms with Crippen LogP contribution in [0.1, 0.15) is 42.5 Å². The average Bonchev–Trinajstić information content (AvgIpc) is 3.55. The van der Waals surface area contributed by atoms with Gasteiger partial charge in [-0.3, -0.25) is 14.5 Å². The SMILES string of the molecule is CCCCOc1ccc(/C(O)=C2/C(=O)C(=O)N(c3nnc(SCc4ccccc4Cl)s3)C2c2ccc(Cl)cc2)cc1. The number of Topliss-reactive ketones (excluding diaryl/α,β-unsaturated/α-hetero) is 1. The molecule has 1 atom stereocenters. The van der Waals surface area contributed by atoms with Gasteiger partial charge in [0.15, 0.2) is 4.34 Å². The van der Waals surface area contributed by atoms with E-state index in [-0.39, 0.29) is 16.5 Å². The molecule has 5 rings (SSSR count). The van der Waals surface area contributed by atoms with Gasteiger partial charge in [-0.2, -0.15) is 0 Å². The van der Waals surface area contributed by atoms with E-state index in [1.54, 1.807) is 48.5 Å². The molecule has 0 spiro atoms. The van der Waals surface area contributed by atoms with Crippen molar-refractivity contribution < 1.29 is 19.4 Å². The smallest absolute Gasteiger partial charge is 0.301 e. The van der Waals surface area contributed by atoms with Crippen LogP contribution in [0.2, 0.25) is 10.0 Å². The van der Waals surface area contributed by atoms with Gasteiger partial charge >= 0.3 is 5.91 Å². The summed E-state index contributed by atoms with van der Waals surface area (Å²) in [4.78, 5) is 28.2. The summed E-state index contributed by atoms with van der Waals surface area (Å²) in [5.41, 5.74) is 1.88. The number of unbranched alkanes of at least 4 members (excludes halogenated alkanes) is 1. The number of aromatic nitrogens is 2. The van der Waals surface area contributed by atoms with Crippen LogP contribution in [0.4, 0.5) is 5.13 Å². The van der Waals surface area contributed by atoms with E-state index in [0.29, 0.717) is 43.6 Å². The predicted octanol–water partition coefficient (Wildman–Crippen LogP) is 7.94. The number of anilines is 1. The highest BCUT2D eigenvalue weighted by Gasteiger charge is 2.48. The molecular formula is C30H25Cl2N3O4S2. The van der Waals surface area contributed by atoms with Crippen molar-refractivity contribution in [2.24, 2.45) is 0 Å². The summed E-state index contributed by atoms with van der Waals surface area (Å²) in [6.07, 6.45) is 1.94. The molecule has 11 heteroatoms. The second-order valence-electron chi connectivity index (χ2n) is 9.18. The Balaban J connectivity index is 1.49. The number of hydrogen-bond donors (Lipinski definition) is 1. The van der Waals surface area contributed by atoms with Gasteiger partial charge in [-0.1, -0.05) is 90.0 Å². The molecule has 0 saturated carbocycles. The molecule has 1 amide bonds. The summed E-state index contributed by atoms with van der Waals surface area (Å²) in [6.45, 7) is 2.67. The van der Waals surface area contributed by atoms with E-state index < -0.39 is 17.7 Å². The third-order valence-corrected chi connectivity index (χ3v) is 9.16. The molecule has 1 fully saturated rings. The molecule has 41 heavy (non-hydrogen) atoms. The molecule has 1 saturated heterocycles. The zero-order valence-corrected chi connectivity index (χ0v) is 25.1. The number of hydrogen-bond acceptors (Lipinski definition) is 8. The maximum atomic E-state index is 13.4. The first-order valence-corrected chi connectivity index (χ1v) is 15.4. The van der Waals surface area contributed by atoms with Crippen molar-refractivity contribution in [2.45, 2.75) is 35.9 Å². The monoisotopic (exact) mass is 625 g/mol. The molecule has 1 unspecified atom stereocenters. The number of ketones is 1. The maximum absolute atomic E-state index is 13.4. The second kappa shape index (κ2) is 13.1. The van der Waals surface area contributed by atoms with Gasteiger partial charge in [0.1, 0.15) is 11.5 Å². The number of benzene rings is 3. The van der Waals surface area contributed by atoms with Crippen LogP contribution in [0, 0.1) is 0 Å². The van der Waals surface area contributed by atoms with Crippen LogP contribution in [0.5, 0.6) is 5.75 Å². The van der Waals surface area contributed by atoms with E-state index in [1.807, 2.05) is 24.3 Å². The van der Waals surface area contributed by atoms with Gasteiger partial charge in [-0.05, 0) is 60.0 Å². The lowest BCUT2D eigenvalue weighted by molar-refractivity contribution is -0.132. The number of ether oxygens (including phenoxy) is 1. The Labute approximate surface area is 255 Å². The predicted molar refractivity (Wildman–Crippen MR) is 164 cm³/mol. The number of aliphatic hydroxyl groups is 1. The number of aliphatic hydroxyl groups excluding tert-OH is 1. The fourth-order valence-electron chi connectivity index (χ4n) is 4.30. The fraction of sp³-hybridized carbons (Fsp3) is 0.200. The summed E-state index contributed by atoms with van der Waals surface area (Å²) in [6, 6.07) is 20.2. The molecule has 7 nitrogen and oxygen atoms in total. The third-order valence-electron chi connectivity index (χ3n) is 6.44. The number of carbonyl (C=O) groups excluding carboxylic acids is 2. The minimum Gasteiger partial charge on any atom is -0.507 e. The van der Waals surface area contributed by atoms with Gasteiger partial charge < -0.3 is 9.84 Å². The first-order valence-electron chi connectivity index (χ1n) is 12.9. The molecule has 210 valence electrons. The topological polar surface area (TPSA) is 92.6 Å². The van der Waals surface area contributed by atoms with E-state index in [1.165, 1.54) is 28.0 Å². The van der Waals surface area contributed by atoms with Crippen molar-refractivity contribution in [3.8, 4) is 5.75 Å². The zero-order valence-electron chi connectivity index (χ0n) is 21.9. The van der Waals surface area contributed by atoms with Crippen LogP contribution in [-0.2, 0) is 15.3 Å². The third kappa shape index (κ3) is 6.43. The number of nitrogens with zero attached hydrogens (tertiary/aromatic N) is 3. The van der Waals surface area contributed by atoms with E-state index in [0.717, 1.165) is 18.4 Å². The minimum absolute atomic E-state index is 0.0440. The lowest BCUT2D eigenvalue weighted by Gasteiger charge is -2.22. The average molecular weight is 627 g/mol. The standard InChI is InChI=1S/C30H25Cl2N3O4S2/c1-2-3-16-39-22-14-10-19(11-15-22)26(36)24-25(18-8-12-21(31)13-9-18)35(28(38)27(24)37)29-33-34-30(41-29)40-17-20-6-4-5-7-23(20)32/h4-15,25,36H,2-3,16-17H2,1H3/b26-24-. The summed E-state index contributed by atoms with van der Waals surface area (Å²) in [5, 5.41) is 21.3. The molecule has 0 radical (unpaired) electrons. The fourth-order valence-corrected chi connectivity index (χ4v) is 6.58. The molecule has 2 heterocycles. The highest BCUT2D eigenvalue weighted by molar-refractivity contribution is 8.00. The lowest BCUT2D eigenvalue weighted by Crippen LogP contribution is -2.29. The van der Waals surface area contributed by atoms with Crippen LogP contribution in [0.3, 0.4) is 0 Å². The zero-order chi connectivity index (χ0) is 28.9. The molecule has 4 aromatic rings. The van der Waals surface area contributed by atoms with Gasteiger partial charge in [0.25, 0.3) is 5.78 Å². The normalized spacial score (nSPS) is 16.4. The number of amides is 1. The summed E-state index contributed by atoms with van der Waals surface area (Å²) >= 11 is 15.0. The summed E-state index contributed by atoms with van der Waals surface area (Å²) in [7, 11) is 0. The van der Waals surface area contributed by atoms with Gasteiger partial charge in [0, 0.05) is 21.4 Å². The van der Waals surface area contributed by atoms with Crippen molar-refractivity contribution in [3.63, 3.8) is 0 Å². The maximum Gasteiger partial charge on any atom is 0.301 e. The molecule has 1 N–H and O–H groups in total. The van der Waals surface area contributed by atoms with Gasteiger partial charge in [-0.15, -0.1) is 10.2 Å². The number of carbonyl (C=O) groups is 2. The van der Waals surface area contributed by atoms with Crippen LogP contribution >= 0.6 is 46.3 Å². The molecule has 1 aromatic heterocycles. The van der Waals surface area contributed by atoms with Gasteiger partial charge in [0.05, 0.1) is 18.2 Å². The van der Waals surface area contributed by atoms with Crippen molar-refractivity contribution in [1.29, 1.82) is 0 Å². The van der Waals surface area contributed by atoms with Crippen LogP contribution < -0.4 is 9.64 Å². The first-order chi connectivity index (χ1) is 19.9. The molecule has 0 aliphatic carbocycles. The molecule has 0 bridgehead atoms. The van der Waals surface area contributed by atoms with E-state index in [4.69, 9.17) is 27.9 Å². The van der Waals surface area contributed by atoms with Crippen molar-refractivity contribution in [2.75, 3.05) is 11.5 Å². The van der Waals surface area contributed by atoms with Crippen molar-refractivity contribution >= 4 is 68.9 Å². The minimum atomic E-state index is -0.929. The number of rotatable bonds is 10. The van der Waals surface area contributed by atoms with Crippen molar-refractivity contribution in [1.82, 2.24) is 10.2 Å². The Morgan fingerprint density at radius 2 is 1.76 bits per heavy atom. The molecular weight excluding hydrogens is 601 g/mol.